The Hall–Kier alpha value is -0.837. The van der Waals surface area contributed by atoms with Gasteiger partial charge < -0.3 is 4.98 Å². The van der Waals surface area contributed by atoms with Crippen LogP contribution < -0.4 is 0 Å². The zero-order valence-corrected chi connectivity index (χ0v) is 9.60. The van der Waals surface area contributed by atoms with Crippen molar-refractivity contribution in [2.75, 3.05) is 0 Å². The molecule has 1 rings (SSSR count). The summed E-state index contributed by atoms with van der Waals surface area (Å²) in [6, 6.07) is 0. The average molecular weight is 258 g/mol. The molecule has 76 valence electrons. The maximum absolute atomic E-state index is 9.86. The van der Waals surface area contributed by atoms with E-state index in [0.29, 0.717) is 0 Å². The van der Waals surface area contributed by atoms with Gasteiger partial charge in [0.15, 0.2) is 0 Å². The molecule has 0 saturated heterocycles. The van der Waals surface area contributed by atoms with Crippen molar-refractivity contribution in [1.29, 1.82) is 0 Å². The molecule has 5 nitrogen and oxygen atoms in total. The van der Waals surface area contributed by atoms with Crippen molar-refractivity contribution in [3.05, 3.63) is 31.4 Å². The van der Waals surface area contributed by atoms with E-state index in [9.17, 15) is 4.79 Å². The summed E-state index contributed by atoms with van der Waals surface area (Å²) in [4.78, 5) is 16.3. The van der Waals surface area contributed by atoms with E-state index in [1.807, 2.05) is 0 Å². The number of hydrogen-bond acceptors (Lipinski definition) is 4. The van der Waals surface area contributed by atoms with Crippen LogP contribution in [-0.2, 0) is 4.79 Å². The maximum atomic E-state index is 9.86. The number of aromatic amines is 1. The molecule has 1 heterocycles. The van der Waals surface area contributed by atoms with Crippen LogP contribution in [0.2, 0.25) is 4.60 Å². The minimum atomic E-state index is -1.41. The Bertz CT molecular complexity index is 226. The van der Waals surface area contributed by atoms with E-state index < -0.39 is 27.5 Å². The van der Waals surface area contributed by atoms with Crippen LogP contribution in [0.15, 0.2) is 31.4 Å². The third kappa shape index (κ3) is 6.65. The molecule has 0 aromatic carbocycles. The Morgan fingerprint density at radius 2 is 2.36 bits per heavy atom. The Labute approximate surface area is 89.1 Å². The van der Waals surface area contributed by atoms with Crippen molar-refractivity contribution in [2.24, 2.45) is 0 Å². The zero-order valence-electron chi connectivity index (χ0n) is 7.50. The Balaban J connectivity index is 0.000000280. The van der Waals surface area contributed by atoms with Crippen LogP contribution in [0.5, 0.6) is 0 Å². The molecule has 7 heteroatoms. The zero-order chi connectivity index (χ0) is 10.8. The number of aromatic nitrogens is 2. The van der Waals surface area contributed by atoms with Crippen LogP contribution in [-0.4, -0.2) is 48.0 Å². The molecule has 0 fully saturated rings. The smallest absolute Gasteiger partial charge is 0.0919 e. The summed E-state index contributed by atoms with van der Waals surface area (Å²) in [5, 5.41) is 17.8. The van der Waals surface area contributed by atoms with Crippen LogP contribution in [0, 0.1) is 0 Å². The quantitative estimate of drug-likeness (QED) is 0.367. The first-order valence-electron chi connectivity index (χ1n) is 3.83. The predicted octanol–water partition coefficient (Wildman–Crippen LogP) is -0.991. The Morgan fingerprint density at radius 1 is 1.64 bits per heavy atom. The molecule has 14 heavy (non-hydrogen) atoms. The summed E-state index contributed by atoms with van der Waals surface area (Å²) in [7, 11) is -1.41. The topological polar surface area (TPSA) is 86.2 Å². The third-order valence-corrected chi connectivity index (χ3v) is 3.45. The molecular formula is C7H12AsBN2O3. The molecule has 2 unspecified atom stereocenters. The second-order valence-corrected chi connectivity index (χ2v) is 4.81. The van der Waals surface area contributed by atoms with E-state index in [1.54, 1.807) is 18.7 Å². The maximum Gasteiger partial charge on any atom is 0.0919 e. The summed E-state index contributed by atoms with van der Waals surface area (Å²) in [6.07, 6.45) is 6.49. The molecular weight excluding hydrogens is 246 g/mol. The van der Waals surface area contributed by atoms with E-state index in [0.717, 1.165) is 5.07 Å². The minimum Gasteiger partial charge on any atom is -0.351 e. The Kier molecular flexibility index (Phi) is 8.23. The van der Waals surface area contributed by atoms with Gasteiger partial charge in [-0.15, -0.1) is 0 Å². The second-order valence-electron chi connectivity index (χ2n) is 2.22. The average Bonchev–Trinajstić information content (AvgIpc) is 2.71. The number of H-pyrrole nitrogens is 1. The van der Waals surface area contributed by atoms with Gasteiger partial charge in [-0.2, -0.15) is 0 Å². The summed E-state index contributed by atoms with van der Waals surface area (Å²) >= 11 is -0.898. The van der Waals surface area contributed by atoms with Gasteiger partial charge in [-0.3, -0.25) is 0 Å². The van der Waals surface area contributed by atoms with Gasteiger partial charge in [0.2, 0.25) is 0 Å². The van der Waals surface area contributed by atoms with Crippen LogP contribution in [0.4, 0.5) is 0 Å². The Morgan fingerprint density at radius 3 is 2.50 bits per heavy atom. The van der Waals surface area contributed by atoms with Gasteiger partial charge in [0.1, 0.15) is 0 Å². The van der Waals surface area contributed by atoms with Gasteiger partial charge in [0.25, 0.3) is 0 Å². The first-order valence-corrected chi connectivity index (χ1v) is 6.25. The molecule has 1 aromatic rings. The SMILES string of the molecule is C=CC([AsH]C=O)B(O)O.c1c[nH]cn1. The summed E-state index contributed by atoms with van der Waals surface area (Å²) in [6.45, 7) is 3.35. The molecule has 0 radical (unpaired) electrons. The van der Waals surface area contributed by atoms with Gasteiger partial charge in [-0.1, -0.05) is 0 Å². The first-order chi connectivity index (χ1) is 6.72. The summed E-state index contributed by atoms with van der Waals surface area (Å²) in [5.41, 5.74) is 0. The largest absolute Gasteiger partial charge is 0.351 e. The van der Waals surface area contributed by atoms with Crippen molar-refractivity contribution in [3.8, 4) is 0 Å². The minimum absolute atomic E-state index is 0.400. The van der Waals surface area contributed by atoms with E-state index >= 15 is 0 Å². The molecule has 1 aromatic heterocycles. The number of allylic oxidation sites excluding steroid dienone is 1. The van der Waals surface area contributed by atoms with E-state index in [2.05, 4.69) is 16.5 Å². The molecule has 0 aliphatic carbocycles. The van der Waals surface area contributed by atoms with Crippen molar-refractivity contribution in [2.45, 2.75) is 4.60 Å². The molecule has 0 spiro atoms. The predicted molar refractivity (Wildman–Crippen MR) is 56.6 cm³/mol. The van der Waals surface area contributed by atoms with Gasteiger partial charge >= 0.3 is 60.0 Å². The van der Waals surface area contributed by atoms with Gasteiger partial charge in [0, 0.05) is 12.4 Å². The number of nitrogens with one attached hydrogen (secondary N) is 1. The van der Waals surface area contributed by atoms with Gasteiger partial charge in [-0.05, 0) is 0 Å². The van der Waals surface area contributed by atoms with Crippen molar-refractivity contribution >= 4 is 27.9 Å². The molecule has 0 bridgehead atoms. The van der Waals surface area contributed by atoms with E-state index in [-0.39, 0.29) is 0 Å². The summed E-state index contributed by atoms with van der Waals surface area (Å²) < 4.78 is -0.400. The van der Waals surface area contributed by atoms with E-state index in [4.69, 9.17) is 10.0 Å². The van der Waals surface area contributed by atoms with Gasteiger partial charge in [0.05, 0.1) is 6.33 Å². The van der Waals surface area contributed by atoms with Gasteiger partial charge in [-0.25, -0.2) is 4.98 Å². The fraction of sp³-hybridized carbons (Fsp3) is 0.143. The van der Waals surface area contributed by atoms with Crippen LogP contribution in [0.3, 0.4) is 0 Å². The number of hydrogen-bond donors (Lipinski definition) is 3. The molecule has 0 saturated carbocycles. The number of rotatable bonds is 4. The van der Waals surface area contributed by atoms with Crippen molar-refractivity contribution < 1.29 is 14.8 Å². The monoisotopic (exact) mass is 258 g/mol. The molecule has 3 N–H and O–H groups in total. The van der Waals surface area contributed by atoms with Crippen molar-refractivity contribution in [3.63, 3.8) is 0 Å². The number of imidazole rings is 1. The van der Waals surface area contributed by atoms with Crippen LogP contribution >= 0.6 is 0 Å². The molecule has 0 aliphatic rings. The molecule has 0 amide bonds. The van der Waals surface area contributed by atoms with Crippen molar-refractivity contribution in [1.82, 2.24) is 9.97 Å². The summed E-state index contributed by atoms with van der Waals surface area (Å²) in [5.74, 6) is 0. The number of nitrogens with zero attached hydrogens (tertiary/aromatic N) is 1. The normalized spacial score (nSPS) is 11.6. The van der Waals surface area contributed by atoms with Crippen LogP contribution in [0.25, 0.3) is 0 Å². The van der Waals surface area contributed by atoms with E-state index in [1.165, 1.54) is 6.08 Å². The first kappa shape index (κ1) is 13.2. The fourth-order valence-corrected chi connectivity index (χ4v) is 1.55. The molecule has 0 aliphatic heterocycles. The van der Waals surface area contributed by atoms with Crippen LogP contribution in [0.1, 0.15) is 0 Å². The third-order valence-electron chi connectivity index (χ3n) is 1.24. The number of carbonyl (C=O) groups excluding carboxylic acids is 1. The molecule has 2 atom stereocenters. The second kappa shape index (κ2) is 8.75. The standard InChI is InChI=1S/C4H8AsBO3.C3H4N2/c1-2-4(5-3-7)6(8)9;1-2-5-3-4-1/h2-5,8-9H,1H2;1-3H,(H,4,5). The number of carbonyl (C=O) groups is 1. The fourth-order valence-electron chi connectivity index (χ4n) is 0.570.